The van der Waals surface area contributed by atoms with E-state index in [1.807, 2.05) is 0 Å². The van der Waals surface area contributed by atoms with Gasteiger partial charge in [0.25, 0.3) is 0 Å². The molecule has 8 rings (SSSR count). The third kappa shape index (κ3) is 23.6. The largest absolute Gasteiger partial charge is 0.479 e. The fourth-order valence-electron chi connectivity index (χ4n) is 13.0. The van der Waals surface area contributed by atoms with Gasteiger partial charge >= 0.3 is 86.0 Å². The quantitative estimate of drug-likeness (QED) is 0.0262. The van der Waals surface area contributed by atoms with Crippen molar-refractivity contribution in [3.63, 3.8) is 0 Å². The zero-order valence-corrected chi connectivity index (χ0v) is 62.0. The van der Waals surface area contributed by atoms with Crippen LogP contribution in [0.3, 0.4) is 0 Å². The maximum Gasteiger partial charge on any atom is 0.397 e. The van der Waals surface area contributed by atoms with Crippen LogP contribution in [0, 0.1) is 0 Å². The molecule has 28 N–H and O–H groups in total. The van der Waals surface area contributed by atoms with Crippen LogP contribution < -0.4 is 14.2 Å². The van der Waals surface area contributed by atoms with E-state index in [0.29, 0.717) is 0 Å². The van der Waals surface area contributed by atoms with E-state index < -0.39 is 358 Å². The van der Waals surface area contributed by atoms with Crippen molar-refractivity contribution in [2.75, 3.05) is 33.0 Å². The molecule has 0 spiro atoms. The van der Waals surface area contributed by atoms with E-state index in [1.165, 1.54) is 14.2 Å². The second-order valence-corrected chi connectivity index (χ2v) is 32.5. The van der Waals surface area contributed by atoms with Crippen LogP contribution in [0.4, 0.5) is 0 Å². The highest BCUT2D eigenvalue weighted by Crippen LogP contribution is 2.41. The smallest absolute Gasteiger partial charge is 0.397 e. The van der Waals surface area contributed by atoms with Gasteiger partial charge in [-0.05, 0) is 0 Å². The van der Waals surface area contributed by atoms with Gasteiger partial charge in [-0.15, -0.1) is 0 Å². The van der Waals surface area contributed by atoms with E-state index >= 15 is 0 Å². The van der Waals surface area contributed by atoms with Gasteiger partial charge in [0, 0.05) is 0 Å². The highest BCUT2D eigenvalue weighted by molar-refractivity contribution is 7.84. The standard InChI is InChI=1S/C48H77N3O59S6/c52-1-6-14(56)28(10(94-6)5-93-114(84,85)86)99-46-22(64)20(62)29(35(106-46)39(69)70)102-42-12(50-112(78,79)80)16(58)26(8(3-54)96-42)100-47-34(110-116(90,91)92)24(66)31(37(108-47)41(73)74)104-44-13(51-113(81,82)83)17(59)27(9(4-55)97-44)101-48-33(109-115(87,88)89)23(65)30(36(107-48)40(71)72)103-43-11(49-111(75,76)77)15(57)25(7(2-53)95-43)98-45-21(63)18(60)19(61)32(105-45)38(67)68/h6-37,42-66H,1-5H2,(H,67,68)(H,69,70)(H,71,72)(H,73,74)(H,75,76,77)(H,78,79,80)(H,81,82,83)(H,84,85,86)(H,87,88,89)(H,90,91,92)/t6-,7-,8-,9-,10-,11-,12-,13-,14-,15-,16-,17-,18+,19+,20-,21-,22-,23+,24+,25-,26-,27-,28-,29+,30+,31+,32+,33-,34-,35-,36-,37-,42-,43-,44-,45-,46-,47-,48-/m1/s1. The number of hydrogen-bond donors (Lipinski definition) is 28. The number of aliphatic carboxylic acids is 4. The van der Waals surface area contributed by atoms with Crippen LogP contribution in [0.2, 0.25) is 0 Å². The molecule has 0 saturated carbocycles. The van der Waals surface area contributed by atoms with Crippen molar-refractivity contribution in [3.8, 4) is 0 Å². The van der Waals surface area contributed by atoms with Gasteiger partial charge in [-0.3, -0.25) is 27.3 Å². The molecule has 39 atom stereocenters. The van der Waals surface area contributed by atoms with Crippen molar-refractivity contribution in [2.24, 2.45) is 0 Å². The number of nitrogens with one attached hydrogen (secondary N) is 3. The maximum absolute atomic E-state index is 13.2. The lowest BCUT2D eigenvalue weighted by Crippen LogP contribution is -2.71. The van der Waals surface area contributed by atoms with Crippen molar-refractivity contribution in [1.82, 2.24) is 14.2 Å². The first-order chi connectivity index (χ1) is 53.4. The second-order valence-electron chi connectivity index (χ2n) is 25.8. The zero-order valence-electron chi connectivity index (χ0n) is 57.1. The monoisotopic (exact) mass is 1830 g/mol. The third-order valence-electron chi connectivity index (χ3n) is 18.0. The van der Waals surface area contributed by atoms with Gasteiger partial charge in [0.2, 0.25) is 0 Å². The number of rotatable bonds is 35. The SMILES string of the molecule is O=C(O)[C@H]1O[C@@H](O[C@H]2[C@H](O)[C@@H](NS(=O)(=O)O)[C@@H](O[C@H]3[C@H](O)[C@@H](OS(=O)(=O)O)[C@H](O[C@H]4[C@H](O)[C@@H](NS(=O)(=O)O)[C@@H](O[C@H]5[C@H](O)[C@@H](OS(=O)(=O)O)[C@H](O[C@H]6[C@H](O)[C@@H](NS(=O)(=O)O)[C@@H](O[C@H]7[C@H](O)[C@@H](O)[C@H](O[C@H]8[C@H](O)[C@@H](CO)O[C@@H]8COS(=O)(=O)O)O[C@H]7C(=O)O)O[C@@H]6CO)O[C@H]5C(=O)O)O[C@@H]4CO)O[C@H]3C(=O)O)O[C@@H]2CO)[C@H](O)[C@@H](O)[C@@H]1O. The summed E-state index contributed by atoms with van der Waals surface area (Å²) in [6, 6.07) is -8.49. The van der Waals surface area contributed by atoms with E-state index in [2.05, 4.69) is 12.5 Å². The van der Waals surface area contributed by atoms with Crippen LogP contribution in [0.15, 0.2) is 0 Å². The molecule has 62 nitrogen and oxygen atoms in total. The molecule has 0 aromatic carbocycles. The second kappa shape index (κ2) is 38.3. The van der Waals surface area contributed by atoms with Crippen LogP contribution in [0.1, 0.15) is 0 Å². The number of carboxylic acid groups (broad SMARTS) is 4. The molecule has 8 saturated heterocycles. The summed E-state index contributed by atoms with van der Waals surface area (Å²) in [7, 11) is -35.2. The number of carboxylic acids is 4. The average molecular weight is 1830 g/mol. The van der Waals surface area contributed by atoms with Crippen molar-refractivity contribution >= 4 is 86.0 Å². The molecule has 0 bridgehead atoms. The van der Waals surface area contributed by atoms with E-state index in [4.69, 9.17) is 75.6 Å². The van der Waals surface area contributed by atoms with Gasteiger partial charge in [0.05, 0.1) is 33.0 Å². The first kappa shape index (κ1) is 97.3. The number of aliphatic hydroxyl groups excluding tert-OH is 15. The van der Waals surface area contributed by atoms with Crippen molar-refractivity contribution in [1.29, 1.82) is 0 Å². The Balaban J connectivity index is 1.04. The van der Waals surface area contributed by atoms with Crippen LogP contribution in [-0.2, 0) is 165 Å². The minimum Gasteiger partial charge on any atom is -0.479 e. The van der Waals surface area contributed by atoms with Crippen LogP contribution in [0.5, 0.6) is 0 Å². The highest BCUT2D eigenvalue weighted by atomic mass is 32.3. The molecule has 68 heteroatoms. The summed E-state index contributed by atoms with van der Waals surface area (Å²) in [6.45, 7) is -7.06. The lowest BCUT2D eigenvalue weighted by Gasteiger charge is -2.50. The van der Waals surface area contributed by atoms with Crippen LogP contribution in [0.25, 0.3) is 0 Å². The predicted octanol–water partition coefficient (Wildman–Crippen LogP) is -19.7. The summed E-state index contributed by atoms with van der Waals surface area (Å²) < 4.78 is 304. The highest BCUT2D eigenvalue weighted by Gasteiger charge is 2.63. The minimum atomic E-state index is -6.19. The Hall–Kier alpha value is -4.10. The van der Waals surface area contributed by atoms with Gasteiger partial charge in [-0.2, -0.15) is 64.7 Å². The maximum atomic E-state index is 13.2. The van der Waals surface area contributed by atoms with Crippen molar-refractivity contribution in [3.05, 3.63) is 0 Å². The fourth-order valence-corrected chi connectivity index (χ4v) is 16.0. The van der Waals surface area contributed by atoms with E-state index in [9.17, 15) is 189 Å². The summed E-state index contributed by atoms with van der Waals surface area (Å²) in [5.74, 6) is -9.08. The molecular formula is C48H77N3O59S6. The Bertz CT molecular complexity index is 4100. The summed E-state index contributed by atoms with van der Waals surface area (Å²) >= 11 is 0. The molecule has 116 heavy (non-hydrogen) atoms. The summed E-state index contributed by atoms with van der Waals surface area (Å²) in [5, 5.41) is 206. The normalized spacial score (nSPS) is 43.8. The Morgan fingerprint density at radius 2 is 0.543 bits per heavy atom. The van der Waals surface area contributed by atoms with E-state index in [-0.39, 0.29) is 0 Å². The van der Waals surface area contributed by atoms with Gasteiger partial charge in [0.15, 0.2) is 80.7 Å². The van der Waals surface area contributed by atoms with Crippen molar-refractivity contribution in [2.45, 2.75) is 239 Å². The predicted molar refractivity (Wildman–Crippen MR) is 334 cm³/mol. The van der Waals surface area contributed by atoms with E-state index in [0.717, 1.165) is 0 Å². The Labute approximate surface area is 647 Å². The lowest BCUT2D eigenvalue weighted by molar-refractivity contribution is -0.378. The molecule has 8 aliphatic rings. The molecule has 0 radical (unpaired) electrons. The van der Waals surface area contributed by atoms with Crippen molar-refractivity contribution < 1.29 is 278 Å². The van der Waals surface area contributed by atoms with Gasteiger partial charge in [-0.25, -0.2) is 31.7 Å². The Morgan fingerprint density at radius 1 is 0.267 bits per heavy atom. The van der Waals surface area contributed by atoms with Crippen LogP contribution >= 0.6 is 0 Å². The number of aliphatic hydroxyl groups is 15. The first-order valence-corrected chi connectivity index (χ1v) is 40.7. The Kier molecular flexibility index (Phi) is 32.2. The molecule has 674 valence electrons. The fraction of sp³-hybridized carbons (Fsp3) is 0.917. The molecule has 0 aromatic rings. The van der Waals surface area contributed by atoms with Gasteiger partial charge < -0.3 is 168 Å². The van der Waals surface area contributed by atoms with Crippen LogP contribution in [-0.4, -0.2) is 471 Å². The number of carbonyl (C=O) groups is 4. The Morgan fingerprint density at radius 3 is 0.836 bits per heavy atom. The average Bonchev–Trinajstić information content (AvgIpc) is 0.849. The topological polar surface area (TPSA) is 981 Å². The molecule has 8 aliphatic heterocycles. The van der Waals surface area contributed by atoms with Gasteiger partial charge in [-0.1, -0.05) is 0 Å². The van der Waals surface area contributed by atoms with E-state index in [1.54, 1.807) is 0 Å². The minimum absolute atomic E-state index is 1.03. The third-order valence-corrected chi connectivity index (χ3v) is 21.1. The lowest BCUT2D eigenvalue weighted by atomic mass is 9.94. The zero-order chi connectivity index (χ0) is 87.2. The summed E-state index contributed by atoms with van der Waals surface area (Å²) in [5.41, 5.74) is 0. The van der Waals surface area contributed by atoms with Gasteiger partial charge in [0.1, 0.15) is 159 Å². The summed E-state index contributed by atoms with van der Waals surface area (Å²) in [6.07, 6.45) is -96.7. The molecule has 0 aromatic heterocycles. The first-order valence-electron chi connectivity index (χ1n) is 32.3. The molecule has 0 amide bonds. The molecule has 0 unspecified atom stereocenters. The number of ether oxygens (including phenoxy) is 15. The molecule has 8 heterocycles. The number of hydrogen-bond acceptors (Lipinski definition) is 49. The summed E-state index contributed by atoms with van der Waals surface area (Å²) in [4.78, 5) is 50.8. The molecular weight excluding hydrogens is 1750 g/mol. The molecule has 0 aliphatic carbocycles. The molecule has 8 fully saturated rings.